The number of alkyl halides is 1. The Morgan fingerprint density at radius 2 is 1.84 bits per heavy atom. The van der Waals surface area contributed by atoms with E-state index in [1.807, 2.05) is 13.8 Å². The summed E-state index contributed by atoms with van der Waals surface area (Å²) in [5.41, 5.74) is -0.192. The number of rotatable bonds is 11. The Hall–Kier alpha value is -2.18. The fourth-order valence-corrected chi connectivity index (χ4v) is 7.27. The molecule has 3 heterocycles. The smallest absolute Gasteiger partial charge is 0.267 e. The van der Waals surface area contributed by atoms with Crippen molar-refractivity contribution >= 4 is 38.4 Å². The first-order valence-electron chi connectivity index (χ1n) is 13.2. The Bertz CT molecular complexity index is 1320. The number of aliphatic hydroxyl groups is 1. The van der Waals surface area contributed by atoms with Gasteiger partial charge in [0.25, 0.3) is 11.5 Å². The van der Waals surface area contributed by atoms with E-state index in [1.165, 1.54) is 4.57 Å². The Morgan fingerprint density at radius 3 is 2.47 bits per heavy atom. The van der Waals surface area contributed by atoms with Gasteiger partial charge in [-0.1, -0.05) is 12.1 Å². The monoisotopic (exact) mass is 568 g/mol. The average molecular weight is 569 g/mol. The zero-order valence-electron chi connectivity index (χ0n) is 21.8. The predicted octanol–water partition coefficient (Wildman–Crippen LogP) is 1.92. The van der Waals surface area contributed by atoms with Crippen LogP contribution in [0.25, 0.3) is 10.9 Å². The van der Waals surface area contributed by atoms with Crippen molar-refractivity contribution in [1.29, 1.82) is 0 Å². The number of carbonyl (C=O) groups is 1. The number of amides is 1. The molecule has 2 aromatic rings. The number of halogens is 1. The van der Waals surface area contributed by atoms with Gasteiger partial charge in [-0.2, -0.15) is 0 Å². The molecule has 2 aliphatic heterocycles. The predicted molar refractivity (Wildman–Crippen MR) is 147 cm³/mol. The van der Waals surface area contributed by atoms with Gasteiger partial charge in [0.1, 0.15) is 11.3 Å². The zero-order chi connectivity index (χ0) is 27.6. The molecule has 0 spiro atoms. The lowest BCUT2D eigenvalue weighted by Gasteiger charge is -2.40. The second-order valence-electron chi connectivity index (χ2n) is 10.6. The van der Waals surface area contributed by atoms with Crippen molar-refractivity contribution in [2.24, 2.45) is 0 Å². The van der Waals surface area contributed by atoms with Crippen LogP contribution in [0, 0.1) is 0 Å². The maximum Gasteiger partial charge on any atom is 0.267 e. The number of nitrogens with zero attached hydrogens (tertiary/aromatic N) is 2. The van der Waals surface area contributed by atoms with Crippen LogP contribution in [0.4, 0.5) is 0 Å². The highest BCUT2D eigenvalue weighted by Crippen LogP contribution is 2.36. The van der Waals surface area contributed by atoms with Crippen molar-refractivity contribution in [2.45, 2.75) is 76.2 Å². The molecule has 2 bridgehead atoms. The largest absolute Gasteiger partial charge is 0.506 e. The third-order valence-electron chi connectivity index (χ3n) is 7.56. The number of carbonyl (C=O) groups excluding carboxylic acids is 1. The minimum absolute atomic E-state index is 0.0654. The number of pyridine rings is 1. The first-order valence-corrected chi connectivity index (χ1v) is 15.3. The highest BCUT2D eigenvalue weighted by molar-refractivity contribution is 7.89. The maximum atomic E-state index is 13.3. The molecule has 38 heavy (non-hydrogen) atoms. The number of piperidine rings is 1. The fraction of sp³-hybridized carbons (Fsp3) is 0.615. The van der Waals surface area contributed by atoms with E-state index in [-0.39, 0.29) is 53.7 Å². The molecule has 210 valence electrons. The molecule has 0 saturated carbocycles. The third kappa shape index (κ3) is 6.17. The van der Waals surface area contributed by atoms with Crippen molar-refractivity contribution in [1.82, 2.24) is 19.5 Å². The topological polar surface area (TPSA) is 141 Å². The van der Waals surface area contributed by atoms with E-state index in [2.05, 4.69) is 14.9 Å². The molecule has 0 radical (unpaired) electrons. The van der Waals surface area contributed by atoms with Crippen molar-refractivity contribution in [2.75, 3.05) is 24.7 Å². The number of para-hydroxylation sites is 1. The van der Waals surface area contributed by atoms with E-state index < -0.39 is 27.6 Å². The van der Waals surface area contributed by atoms with Crippen LogP contribution >= 0.6 is 11.6 Å². The summed E-state index contributed by atoms with van der Waals surface area (Å²) in [6, 6.07) is 6.86. The summed E-state index contributed by atoms with van der Waals surface area (Å²) in [5.74, 6) is -0.713. The lowest BCUT2D eigenvalue weighted by atomic mass is 9.96. The number of aromatic nitrogens is 1. The van der Waals surface area contributed by atoms with Crippen molar-refractivity contribution in [3.63, 3.8) is 0 Å². The molecule has 1 aromatic heterocycles. The second-order valence-corrected chi connectivity index (χ2v) is 12.9. The molecule has 4 atom stereocenters. The lowest BCUT2D eigenvalue weighted by molar-refractivity contribution is 0.0523. The number of sulfonamides is 1. The molecule has 10 nitrogen and oxygen atoms in total. The Balaban J connectivity index is 1.42. The minimum atomic E-state index is -3.48. The van der Waals surface area contributed by atoms with Gasteiger partial charge >= 0.3 is 0 Å². The van der Waals surface area contributed by atoms with Gasteiger partial charge in [-0.05, 0) is 58.1 Å². The maximum absolute atomic E-state index is 13.3. The van der Waals surface area contributed by atoms with Gasteiger partial charge in [0.05, 0.1) is 17.4 Å². The average Bonchev–Trinajstić information content (AvgIpc) is 3.08. The molecule has 1 amide bonds. The number of aromatic hydroxyl groups is 1. The van der Waals surface area contributed by atoms with Gasteiger partial charge in [0.2, 0.25) is 10.0 Å². The van der Waals surface area contributed by atoms with E-state index >= 15 is 0 Å². The fourth-order valence-electron chi connectivity index (χ4n) is 5.86. The number of hydrogen-bond acceptors (Lipinski definition) is 7. The van der Waals surface area contributed by atoms with Crippen molar-refractivity contribution < 1.29 is 23.4 Å². The van der Waals surface area contributed by atoms with E-state index in [0.717, 1.165) is 12.8 Å². The van der Waals surface area contributed by atoms with Gasteiger partial charge in [-0.3, -0.25) is 14.5 Å². The van der Waals surface area contributed by atoms with Crippen LogP contribution < -0.4 is 15.6 Å². The standard InChI is InChI=1S/C26H37ClN4O6S/c1-16(2)31-22-7-4-3-6-21(22)24(33)23(26(31)35)25(34)29-17-12-18-8-9-19(13-17)30(18)15-20(32)14-28-38(36,37)11-5-10-27/h3-4,6-7,16-20,28,32-33H,5,8-15H2,1-2H3,(H,29,34)/t17?,18-,19+,20?. The zero-order valence-corrected chi connectivity index (χ0v) is 23.3. The summed E-state index contributed by atoms with van der Waals surface area (Å²) in [5, 5.41) is 24.8. The molecular weight excluding hydrogens is 532 g/mol. The Morgan fingerprint density at radius 1 is 1.18 bits per heavy atom. The quantitative estimate of drug-likeness (QED) is 0.303. The van der Waals surface area contributed by atoms with Crippen LogP contribution in [0.2, 0.25) is 0 Å². The van der Waals surface area contributed by atoms with Gasteiger partial charge in [-0.25, -0.2) is 13.1 Å². The van der Waals surface area contributed by atoms with Gasteiger partial charge in [-0.15, -0.1) is 11.6 Å². The molecule has 2 fully saturated rings. The highest BCUT2D eigenvalue weighted by Gasteiger charge is 2.42. The summed E-state index contributed by atoms with van der Waals surface area (Å²) in [7, 11) is -3.48. The Labute approximate surface area is 228 Å². The van der Waals surface area contributed by atoms with Crippen LogP contribution in [0.15, 0.2) is 29.1 Å². The molecule has 1 aromatic carbocycles. The molecule has 4 N–H and O–H groups in total. The van der Waals surface area contributed by atoms with E-state index in [4.69, 9.17) is 11.6 Å². The molecule has 4 rings (SSSR count). The van der Waals surface area contributed by atoms with Crippen LogP contribution in [0.1, 0.15) is 62.4 Å². The van der Waals surface area contributed by atoms with Crippen LogP contribution in [0.5, 0.6) is 5.75 Å². The van der Waals surface area contributed by atoms with Crippen LogP contribution in [-0.2, 0) is 10.0 Å². The van der Waals surface area contributed by atoms with Crippen molar-refractivity contribution in [3.8, 4) is 5.75 Å². The number of aliphatic hydroxyl groups excluding tert-OH is 1. The van der Waals surface area contributed by atoms with E-state index in [1.54, 1.807) is 24.3 Å². The number of hydrogen-bond donors (Lipinski definition) is 4. The number of benzene rings is 1. The van der Waals surface area contributed by atoms with Crippen LogP contribution in [-0.4, -0.2) is 83.0 Å². The summed E-state index contributed by atoms with van der Waals surface area (Å²) in [6.07, 6.45) is 2.59. The molecule has 2 aliphatic rings. The molecule has 2 saturated heterocycles. The van der Waals surface area contributed by atoms with E-state index in [0.29, 0.717) is 36.7 Å². The molecule has 12 heteroatoms. The number of fused-ring (bicyclic) bond motifs is 3. The summed E-state index contributed by atoms with van der Waals surface area (Å²) in [6.45, 7) is 3.99. The van der Waals surface area contributed by atoms with Gasteiger partial charge < -0.3 is 20.1 Å². The first kappa shape index (κ1) is 28.8. The summed E-state index contributed by atoms with van der Waals surface area (Å²) >= 11 is 5.57. The van der Waals surface area contributed by atoms with Crippen LogP contribution in [0.3, 0.4) is 0 Å². The Kier molecular flexibility index (Phi) is 9.03. The van der Waals surface area contributed by atoms with E-state index in [9.17, 15) is 28.2 Å². The SMILES string of the molecule is CC(C)n1c(=O)c(C(=O)NC2C[C@H]3CC[C@@H](C2)N3CC(O)CNS(=O)(=O)CCCCl)c(O)c2ccccc21. The first-order chi connectivity index (χ1) is 18.0. The number of nitrogens with one attached hydrogen (secondary N) is 2. The molecule has 0 aliphatic carbocycles. The molecular formula is C26H37ClN4O6S. The normalized spacial score (nSPS) is 22.7. The third-order valence-corrected chi connectivity index (χ3v) is 9.26. The van der Waals surface area contributed by atoms with Gasteiger partial charge in [0.15, 0.2) is 0 Å². The van der Waals surface area contributed by atoms with Crippen molar-refractivity contribution in [3.05, 3.63) is 40.2 Å². The lowest BCUT2D eigenvalue weighted by Crippen LogP contribution is -2.53. The highest BCUT2D eigenvalue weighted by atomic mass is 35.5. The van der Waals surface area contributed by atoms with Gasteiger partial charge in [0, 0.05) is 48.5 Å². The molecule has 2 unspecified atom stereocenters. The minimum Gasteiger partial charge on any atom is -0.506 e. The second kappa shape index (κ2) is 11.9. The summed E-state index contributed by atoms with van der Waals surface area (Å²) < 4.78 is 28.0. The summed E-state index contributed by atoms with van der Waals surface area (Å²) in [4.78, 5) is 28.8.